The van der Waals surface area contributed by atoms with Gasteiger partial charge in [-0.1, -0.05) is 36.4 Å². The van der Waals surface area contributed by atoms with Gasteiger partial charge in [0.2, 0.25) is 0 Å². The Labute approximate surface area is 125 Å². The van der Waals surface area contributed by atoms with Crippen molar-refractivity contribution in [1.82, 2.24) is 0 Å². The topological polar surface area (TPSA) is 69.4 Å². The summed E-state index contributed by atoms with van der Waals surface area (Å²) in [6, 6.07) is 14.3. The molecule has 0 saturated heterocycles. The monoisotopic (exact) mass is 305 g/mol. The number of rotatable bonds is 6. The number of ether oxygens (including phenoxy) is 1. The normalized spacial score (nSPS) is 11.3. The van der Waals surface area contributed by atoms with E-state index in [0.717, 1.165) is 11.1 Å². The maximum Gasteiger partial charge on any atom is 0.181 e. The summed E-state index contributed by atoms with van der Waals surface area (Å²) in [5.41, 5.74) is 7.24. The second kappa shape index (κ2) is 6.74. The van der Waals surface area contributed by atoms with Gasteiger partial charge in [0.25, 0.3) is 0 Å². The van der Waals surface area contributed by atoms with Crippen LogP contribution in [0.25, 0.3) is 0 Å². The van der Waals surface area contributed by atoms with Gasteiger partial charge in [-0.3, -0.25) is 0 Å². The zero-order valence-corrected chi connectivity index (χ0v) is 12.8. The van der Waals surface area contributed by atoms with Gasteiger partial charge in [-0.15, -0.1) is 0 Å². The molecule has 2 rings (SSSR count). The van der Waals surface area contributed by atoms with Crippen molar-refractivity contribution in [2.75, 3.05) is 12.4 Å². The maximum atomic E-state index is 12.3. The van der Waals surface area contributed by atoms with Crippen LogP contribution in [0.4, 0.5) is 0 Å². The van der Waals surface area contributed by atoms with Gasteiger partial charge in [-0.2, -0.15) is 0 Å². The highest BCUT2D eigenvalue weighted by Crippen LogP contribution is 2.19. The van der Waals surface area contributed by atoms with Crippen molar-refractivity contribution in [3.8, 4) is 5.75 Å². The van der Waals surface area contributed by atoms with Gasteiger partial charge in [0.1, 0.15) is 12.4 Å². The first kappa shape index (κ1) is 15.5. The summed E-state index contributed by atoms with van der Waals surface area (Å²) in [7, 11) is -3.34. The largest absolute Gasteiger partial charge is 0.492 e. The minimum atomic E-state index is -3.34. The SMILES string of the molecule is Cc1ccccc1S(=O)(=O)CCOc1ccccc1CN. The lowest BCUT2D eigenvalue weighted by Gasteiger charge is -2.11. The van der Waals surface area contributed by atoms with Crippen LogP contribution in [0.1, 0.15) is 11.1 Å². The summed E-state index contributed by atoms with van der Waals surface area (Å²) in [4.78, 5) is 0.362. The van der Waals surface area contributed by atoms with Crippen LogP contribution in [0.15, 0.2) is 53.4 Å². The van der Waals surface area contributed by atoms with Crippen molar-refractivity contribution in [1.29, 1.82) is 0 Å². The molecule has 112 valence electrons. The Bertz CT molecular complexity index is 711. The van der Waals surface area contributed by atoms with Crippen molar-refractivity contribution in [3.63, 3.8) is 0 Å². The fraction of sp³-hybridized carbons (Fsp3) is 0.250. The zero-order valence-electron chi connectivity index (χ0n) is 12.0. The van der Waals surface area contributed by atoms with Crippen molar-refractivity contribution in [2.45, 2.75) is 18.4 Å². The Balaban J connectivity index is 2.05. The highest BCUT2D eigenvalue weighted by atomic mass is 32.2. The van der Waals surface area contributed by atoms with Gasteiger partial charge in [0, 0.05) is 12.1 Å². The van der Waals surface area contributed by atoms with E-state index in [0.29, 0.717) is 17.2 Å². The smallest absolute Gasteiger partial charge is 0.181 e. The van der Waals surface area contributed by atoms with Crippen LogP contribution < -0.4 is 10.5 Å². The molecule has 0 amide bonds. The first-order chi connectivity index (χ1) is 10.0. The van der Waals surface area contributed by atoms with E-state index in [2.05, 4.69) is 0 Å². The maximum absolute atomic E-state index is 12.3. The van der Waals surface area contributed by atoms with Crippen molar-refractivity contribution in [3.05, 3.63) is 59.7 Å². The molecule has 2 N–H and O–H groups in total. The van der Waals surface area contributed by atoms with Crippen molar-refractivity contribution < 1.29 is 13.2 Å². The van der Waals surface area contributed by atoms with Gasteiger partial charge in [-0.05, 0) is 24.6 Å². The molecule has 0 heterocycles. The van der Waals surface area contributed by atoms with Crippen LogP contribution in [0.3, 0.4) is 0 Å². The van der Waals surface area contributed by atoms with E-state index in [1.807, 2.05) is 24.3 Å². The van der Waals surface area contributed by atoms with E-state index in [1.165, 1.54) is 0 Å². The van der Waals surface area contributed by atoms with E-state index in [-0.39, 0.29) is 12.4 Å². The molecule has 2 aromatic carbocycles. The fourth-order valence-corrected chi connectivity index (χ4v) is 3.46. The molecule has 5 heteroatoms. The highest BCUT2D eigenvalue weighted by Gasteiger charge is 2.16. The number of sulfone groups is 1. The molecule has 0 unspecified atom stereocenters. The summed E-state index contributed by atoms with van der Waals surface area (Å²) in [6.45, 7) is 2.26. The molecular weight excluding hydrogens is 286 g/mol. The average molecular weight is 305 g/mol. The van der Waals surface area contributed by atoms with Crippen LogP contribution >= 0.6 is 0 Å². The summed E-state index contributed by atoms with van der Waals surface area (Å²) in [5, 5.41) is 0. The van der Waals surface area contributed by atoms with E-state index in [1.54, 1.807) is 31.2 Å². The van der Waals surface area contributed by atoms with Crippen LogP contribution in [0.2, 0.25) is 0 Å². The van der Waals surface area contributed by atoms with Gasteiger partial charge in [0.15, 0.2) is 9.84 Å². The first-order valence-electron chi connectivity index (χ1n) is 6.74. The van der Waals surface area contributed by atoms with Crippen LogP contribution in [-0.2, 0) is 16.4 Å². The Morgan fingerprint density at radius 1 is 1.05 bits per heavy atom. The van der Waals surface area contributed by atoms with Gasteiger partial charge >= 0.3 is 0 Å². The minimum Gasteiger partial charge on any atom is -0.492 e. The molecule has 0 bridgehead atoms. The molecule has 4 nitrogen and oxygen atoms in total. The highest BCUT2D eigenvalue weighted by molar-refractivity contribution is 7.91. The second-order valence-corrected chi connectivity index (χ2v) is 6.82. The van der Waals surface area contributed by atoms with E-state index in [4.69, 9.17) is 10.5 Å². The molecule has 0 aliphatic rings. The van der Waals surface area contributed by atoms with E-state index in [9.17, 15) is 8.42 Å². The van der Waals surface area contributed by atoms with E-state index < -0.39 is 9.84 Å². The number of nitrogens with two attached hydrogens (primary N) is 1. The van der Waals surface area contributed by atoms with Gasteiger partial charge < -0.3 is 10.5 Å². The predicted octanol–water partition coefficient (Wildman–Crippen LogP) is 2.31. The third kappa shape index (κ3) is 3.83. The van der Waals surface area contributed by atoms with Crippen molar-refractivity contribution in [2.24, 2.45) is 5.73 Å². The number of aryl methyl sites for hydroxylation is 1. The number of benzene rings is 2. The lowest BCUT2D eigenvalue weighted by atomic mass is 10.2. The third-order valence-electron chi connectivity index (χ3n) is 3.23. The van der Waals surface area contributed by atoms with Crippen molar-refractivity contribution >= 4 is 9.84 Å². The molecule has 0 radical (unpaired) electrons. The molecule has 0 spiro atoms. The molecule has 0 aliphatic heterocycles. The summed E-state index contributed by atoms with van der Waals surface area (Å²) < 4.78 is 30.2. The third-order valence-corrected chi connectivity index (χ3v) is 5.06. The second-order valence-electron chi connectivity index (χ2n) is 4.74. The van der Waals surface area contributed by atoms with Crippen LogP contribution in [0.5, 0.6) is 5.75 Å². The molecular formula is C16H19NO3S. The zero-order chi connectivity index (χ0) is 15.3. The van der Waals surface area contributed by atoms with Gasteiger partial charge in [0.05, 0.1) is 10.6 Å². The molecule has 0 aromatic heterocycles. The quantitative estimate of drug-likeness (QED) is 0.889. The molecule has 0 saturated carbocycles. The Hall–Kier alpha value is -1.85. The number of hydrogen-bond donors (Lipinski definition) is 1. The lowest BCUT2D eigenvalue weighted by Crippen LogP contribution is -2.16. The van der Waals surface area contributed by atoms with E-state index >= 15 is 0 Å². The standard InChI is InChI=1S/C16H19NO3S/c1-13-6-2-5-9-16(13)21(18,19)11-10-20-15-8-4-3-7-14(15)12-17/h2-9H,10-12,17H2,1H3. The summed E-state index contributed by atoms with van der Waals surface area (Å²) in [5.74, 6) is 0.580. The molecule has 0 fully saturated rings. The van der Waals surface area contributed by atoms with Gasteiger partial charge in [-0.25, -0.2) is 8.42 Å². The van der Waals surface area contributed by atoms with Crippen LogP contribution in [-0.4, -0.2) is 20.8 Å². The average Bonchev–Trinajstić information content (AvgIpc) is 2.48. The summed E-state index contributed by atoms with van der Waals surface area (Å²) >= 11 is 0. The minimum absolute atomic E-state index is 0.0588. The Morgan fingerprint density at radius 3 is 2.43 bits per heavy atom. The molecule has 0 atom stereocenters. The number of para-hydroxylation sites is 1. The Kier molecular flexibility index (Phi) is 4.98. The first-order valence-corrected chi connectivity index (χ1v) is 8.39. The fourth-order valence-electron chi connectivity index (χ4n) is 2.09. The molecule has 2 aromatic rings. The number of hydrogen-bond acceptors (Lipinski definition) is 4. The van der Waals surface area contributed by atoms with Crippen LogP contribution in [0, 0.1) is 6.92 Å². The molecule has 21 heavy (non-hydrogen) atoms. The molecule has 0 aliphatic carbocycles. The predicted molar refractivity (Wildman–Crippen MR) is 83.1 cm³/mol. The summed E-state index contributed by atoms with van der Waals surface area (Å²) in [6.07, 6.45) is 0. The Morgan fingerprint density at radius 2 is 1.71 bits per heavy atom. The lowest BCUT2D eigenvalue weighted by molar-refractivity contribution is 0.337.